The molecule has 3 aromatic rings. The van der Waals surface area contributed by atoms with Crippen molar-refractivity contribution >= 4 is 28.4 Å². The van der Waals surface area contributed by atoms with E-state index in [1.165, 1.54) is 4.68 Å². The molecule has 9 nitrogen and oxygen atoms in total. The normalized spacial score (nSPS) is 28.8. The molecule has 2 aromatic heterocycles. The minimum atomic E-state index is -0.696. The van der Waals surface area contributed by atoms with Gasteiger partial charge < -0.3 is 15.0 Å². The number of likely N-dealkylation sites (tertiary alicyclic amines) is 1. The summed E-state index contributed by atoms with van der Waals surface area (Å²) < 4.78 is 9.08. The Labute approximate surface area is 189 Å². The molecule has 5 unspecified atom stereocenters. The highest BCUT2D eigenvalue weighted by Gasteiger charge is 2.66. The number of hydrogen-bond acceptors (Lipinski definition) is 5. The highest BCUT2D eigenvalue weighted by molar-refractivity contribution is 5.93. The molecule has 1 N–H and O–H groups in total. The van der Waals surface area contributed by atoms with Gasteiger partial charge in [-0.3, -0.25) is 9.59 Å². The third-order valence-electron chi connectivity index (χ3n) is 7.17. The first-order valence-corrected chi connectivity index (χ1v) is 11.2. The number of nitrogens with zero attached hydrogens (tertiary/aromatic N) is 4. The van der Waals surface area contributed by atoms with Crippen molar-refractivity contribution in [2.75, 3.05) is 13.6 Å². The van der Waals surface area contributed by atoms with Crippen molar-refractivity contribution in [3.63, 3.8) is 0 Å². The van der Waals surface area contributed by atoms with Gasteiger partial charge >= 0.3 is 5.69 Å². The number of nitrogens with one attached hydrogen (secondary N) is 1. The van der Waals surface area contributed by atoms with Crippen LogP contribution < -0.4 is 11.0 Å². The number of aryl methyl sites for hydroxylation is 1. The van der Waals surface area contributed by atoms with Gasteiger partial charge in [0.2, 0.25) is 11.8 Å². The second kappa shape index (κ2) is 6.77. The van der Waals surface area contributed by atoms with Crippen LogP contribution in [0.3, 0.4) is 0 Å². The van der Waals surface area contributed by atoms with Crippen molar-refractivity contribution in [3.8, 4) is 0 Å². The Bertz CT molecular complexity index is 1420. The Morgan fingerprint density at radius 3 is 2.94 bits per heavy atom. The zero-order valence-corrected chi connectivity index (χ0v) is 18.7. The Morgan fingerprint density at radius 1 is 1.33 bits per heavy atom. The SMILES string of the molecule is Cc1cc2ccccc2n2c(=O)n(CC(C)NC(=O)C3C4C=CC5(CN(C)C(=O)C35)O4)nc12. The molecule has 2 fully saturated rings. The van der Waals surface area contributed by atoms with E-state index in [1.54, 1.807) is 16.3 Å². The molecule has 2 amide bonds. The number of carbonyl (C=O) groups is 2. The van der Waals surface area contributed by atoms with Gasteiger partial charge in [0.25, 0.3) is 0 Å². The summed E-state index contributed by atoms with van der Waals surface area (Å²) in [6.45, 7) is 4.45. The third kappa shape index (κ3) is 2.75. The van der Waals surface area contributed by atoms with Crippen LogP contribution in [0.15, 0.2) is 47.3 Å². The predicted molar refractivity (Wildman–Crippen MR) is 121 cm³/mol. The van der Waals surface area contributed by atoms with Crippen molar-refractivity contribution in [3.05, 3.63) is 58.5 Å². The van der Waals surface area contributed by atoms with Crippen molar-refractivity contribution in [2.45, 2.75) is 38.1 Å². The van der Waals surface area contributed by atoms with Crippen LogP contribution in [-0.2, 0) is 20.9 Å². The largest absolute Gasteiger partial charge is 0.360 e. The zero-order valence-electron chi connectivity index (χ0n) is 18.7. The van der Waals surface area contributed by atoms with Gasteiger partial charge in [0.1, 0.15) is 5.60 Å². The van der Waals surface area contributed by atoms with Crippen molar-refractivity contribution in [1.29, 1.82) is 0 Å². The zero-order chi connectivity index (χ0) is 23.1. The fourth-order valence-electron chi connectivity index (χ4n) is 5.75. The van der Waals surface area contributed by atoms with Gasteiger partial charge in [-0.05, 0) is 36.9 Å². The van der Waals surface area contributed by atoms with E-state index in [4.69, 9.17) is 4.74 Å². The third-order valence-corrected chi connectivity index (χ3v) is 7.17. The van der Waals surface area contributed by atoms with Gasteiger partial charge in [-0.2, -0.15) is 0 Å². The molecule has 3 aliphatic rings. The summed E-state index contributed by atoms with van der Waals surface area (Å²) in [6.07, 6.45) is 3.42. The van der Waals surface area contributed by atoms with E-state index in [1.807, 2.05) is 56.3 Å². The van der Waals surface area contributed by atoms with Crippen molar-refractivity contribution in [1.82, 2.24) is 24.4 Å². The summed E-state index contributed by atoms with van der Waals surface area (Å²) in [4.78, 5) is 40.7. The summed E-state index contributed by atoms with van der Waals surface area (Å²) in [5.74, 6) is -1.37. The van der Waals surface area contributed by atoms with Crippen LogP contribution in [0.25, 0.3) is 16.6 Å². The second-order valence-corrected chi connectivity index (χ2v) is 9.51. The lowest BCUT2D eigenvalue weighted by atomic mass is 9.76. The van der Waals surface area contributed by atoms with E-state index in [9.17, 15) is 14.4 Å². The number of pyridine rings is 1. The van der Waals surface area contributed by atoms with Crippen LogP contribution in [0.4, 0.5) is 0 Å². The minimum Gasteiger partial charge on any atom is -0.360 e. The molecule has 6 rings (SSSR count). The first kappa shape index (κ1) is 20.2. The topological polar surface area (TPSA) is 97.9 Å². The molecule has 0 saturated carbocycles. The number of benzene rings is 1. The molecule has 9 heteroatoms. The number of amides is 2. The molecule has 3 aliphatic heterocycles. The first-order valence-electron chi connectivity index (χ1n) is 11.2. The average Bonchev–Trinajstić information content (AvgIpc) is 3.48. The van der Waals surface area contributed by atoms with Gasteiger partial charge in [-0.15, -0.1) is 5.10 Å². The predicted octanol–water partition coefficient (Wildman–Crippen LogP) is 0.874. The fraction of sp³-hybridized carbons (Fsp3) is 0.417. The maximum Gasteiger partial charge on any atom is 0.350 e. The lowest BCUT2D eigenvalue weighted by Crippen LogP contribution is -2.47. The molecule has 33 heavy (non-hydrogen) atoms. The lowest BCUT2D eigenvalue weighted by molar-refractivity contribution is -0.137. The average molecular weight is 447 g/mol. The standard InChI is InChI=1S/C24H25N5O4/c1-13-10-15-6-4-5-7-16(15)29-20(13)26-28(23(29)32)11-14(2)25-21(30)18-17-8-9-24(33-17)12-27(3)22(31)19(18)24/h4-10,14,17-19H,11-12H2,1-3H3,(H,25,30). The minimum absolute atomic E-state index is 0.0615. The summed E-state index contributed by atoms with van der Waals surface area (Å²) in [7, 11) is 1.74. The van der Waals surface area contributed by atoms with Crippen LogP contribution in [0.2, 0.25) is 0 Å². The molecule has 5 atom stereocenters. The van der Waals surface area contributed by atoms with Crippen molar-refractivity contribution < 1.29 is 14.3 Å². The molecular formula is C24H25N5O4. The number of aromatic nitrogens is 3. The van der Waals surface area contributed by atoms with E-state index >= 15 is 0 Å². The summed E-state index contributed by atoms with van der Waals surface area (Å²) >= 11 is 0. The van der Waals surface area contributed by atoms with Crippen LogP contribution in [-0.4, -0.2) is 62.2 Å². The molecular weight excluding hydrogens is 422 g/mol. The van der Waals surface area contributed by atoms with Gasteiger partial charge in [0.05, 0.1) is 36.5 Å². The number of likely N-dealkylation sites (N-methyl/N-ethyl adjacent to an activating group) is 1. The van der Waals surface area contributed by atoms with E-state index in [0.29, 0.717) is 12.2 Å². The number of fused-ring (bicyclic) bond motifs is 4. The van der Waals surface area contributed by atoms with E-state index in [0.717, 1.165) is 16.5 Å². The Morgan fingerprint density at radius 2 is 2.12 bits per heavy atom. The van der Waals surface area contributed by atoms with E-state index < -0.39 is 23.5 Å². The lowest BCUT2D eigenvalue weighted by Gasteiger charge is -2.25. The molecule has 0 radical (unpaired) electrons. The summed E-state index contributed by atoms with van der Waals surface area (Å²) in [6, 6.07) is 9.35. The molecule has 2 saturated heterocycles. The quantitative estimate of drug-likeness (QED) is 0.599. The molecule has 2 bridgehead atoms. The van der Waals surface area contributed by atoms with Gasteiger partial charge in [0.15, 0.2) is 5.65 Å². The fourth-order valence-corrected chi connectivity index (χ4v) is 5.75. The maximum atomic E-state index is 13.2. The molecule has 1 spiro atoms. The Hall–Kier alpha value is -3.46. The summed E-state index contributed by atoms with van der Waals surface area (Å²) in [5, 5.41) is 8.50. The molecule has 0 aliphatic carbocycles. The highest BCUT2D eigenvalue weighted by atomic mass is 16.5. The van der Waals surface area contributed by atoms with Crippen LogP contribution in [0.1, 0.15) is 12.5 Å². The monoisotopic (exact) mass is 447 g/mol. The molecule has 170 valence electrons. The summed E-state index contributed by atoms with van der Waals surface area (Å²) in [5.41, 5.74) is 1.36. The highest BCUT2D eigenvalue weighted by Crippen LogP contribution is 2.51. The van der Waals surface area contributed by atoms with Crippen molar-refractivity contribution in [2.24, 2.45) is 11.8 Å². The van der Waals surface area contributed by atoms with Crippen LogP contribution in [0, 0.1) is 18.8 Å². The van der Waals surface area contributed by atoms with E-state index in [2.05, 4.69) is 10.4 Å². The number of carbonyl (C=O) groups excluding carboxylic acids is 2. The first-order chi connectivity index (χ1) is 15.8. The number of ether oxygens (including phenoxy) is 1. The second-order valence-electron chi connectivity index (χ2n) is 9.51. The smallest absolute Gasteiger partial charge is 0.350 e. The molecule has 1 aromatic carbocycles. The van der Waals surface area contributed by atoms with Gasteiger partial charge in [0, 0.05) is 13.1 Å². The number of hydrogen-bond donors (Lipinski definition) is 1. The maximum absolute atomic E-state index is 13.2. The Balaban J connectivity index is 1.26. The number of para-hydroxylation sites is 1. The van der Waals surface area contributed by atoms with Gasteiger partial charge in [-0.25, -0.2) is 13.9 Å². The molecule has 5 heterocycles. The van der Waals surface area contributed by atoms with E-state index in [-0.39, 0.29) is 30.1 Å². The number of rotatable bonds is 4. The van der Waals surface area contributed by atoms with Crippen LogP contribution >= 0.6 is 0 Å². The van der Waals surface area contributed by atoms with Crippen LogP contribution in [0.5, 0.6) is 0 Å². The van der Waals surface area contributed by atoms with Gasteiger partial charge in [-0.1, -0.05) is 30.4 Å². The Kier molecular flexibility index (Phi) is 4.14.